The molecule has 1 aromatic heterocycles. The van der Waals surface area contributed by atoms with E-state index < -0.39 is 0 Å². The minimum Gasteiger partial charge on any atom is -0.360 e. The number of aromatic nitrogens is 2. The average Bonchev–Trinajstić information content (AvgIpc) is 2.79. The van der Waals surface area contributed by atoms with Crippen LogP contribution in [0, 0.1) is 20.8 Å². The van der Waals surface area contributed by atoms with Crippen molar-refractivity contribution in [2.45, 2.75) is 34.1 Å². The predicted molar refractivity (Wildman–Crippen MR) is 78.3 cm³/mol. The van der Waals surface area contributed by atoms with Gasteiger partial charge >= 0.3 is 0 Å². The van der Waals surface area contributed by atoms with Crippen molar-refractivity contribution in [2.75, 3.05) is 11.9 Å². The maximum atomic E-state index is 4.28. The highest BCUT2D eigenvalue weighted by Gasteiger charge is 2.10. The van der Waals surface area contributed by atoms with Crippen LogP contribution in [-0.4, -0.2) is 16.7 Å². The van der Waals surface area contributed by atoms with Crippen LogP contribution in [-0.2, 0) is 0 Å². The summed E-state index contributed by atoms with van der Waals surface area (Å²) in [4.78, 5) is 0. The fourth-order valence-corrected chi connectivity index (χ4v) is 2.68. The Hall–Kier alpha value is -1.42. The zero-order chi connectivity index (χ0) is 13.1. The van der Waals surface area contributed by atoms with Crippen molar-refractivity contribution in [3.05, 3.63) is 28.8 Å². The number of hydrogen-bond acceptors (Lipinski definition) is 4. The lowest BCUT2D eigenvalue weighted by molar-refractivity contribution is 0.963. The van der Waals surface area contributed by atoms with Crippen LogP contribution >= 0.6 is 11.3 Å². The molecule has 0 radical (unpaired) electrons. The molecular weight excluding hydrogens is 242 g/mol. The van der Waals surface area contributed by atoms with E-state index in [0.29, 0.717) is 0 Å². The van der Waals surface area contributed by atoms with Crippen LogP contribution in [0.25, 0.3) is 10.6 Å². The van der Waals surface area contributed by atoms with Gasteiger partial charge in [-0.3, -0.25) is 0 Å². The smallest absolute Gasteiger partial charge is 0.206 e. The normalized spacial score (nSPS) is 10.7. The highest BCUT2D eigenvalue weighted by atomic mass is 32.1. The molecule has 0 unspecified atom stereocenters. The Morgan fingerprint density at radius 2 is 1.78 bits per heavy atom. The van der Waals surface area contributed by atoms with E-state index in [4.69, 9.17) is 0 Å². The molecule has 0 bridgehead atoms. The molecule has 0 spiro atoms. The molecule has 1 heterocycles. The van der Waals surface area contributed by atoms with Gasteiger partial charge in [-0.15, -0.1) is 10.2 Å². The minimum absolute atomic E-state index is 0.907. The molecule has 0 saturated carbocycles. The van der Waals surface area contributed by atoms with E-state index in [9.17, 15) is 0 Å². The van der Waals surface area contributed by atoms with Gasteiger partial charge in [0.15, 0.2) is 0 Å². The molecule has 0 aliphatic carbocycles. The third-order valence-electron chi connectivity index (χ3n) is 3.02. The van der Waals surface area contributed by atoms with Crippen LogP contribution in [0.5, 0.6) is 0 Å². The van der Waals surface area contributed by atoms with Gasteiger partial charge in [0.05, 0.1) is 0 Å². The van der Waals surface area contributed by atoms with Crippen molar-refractivity contribution in [3.63, 3.8) is 0 Å². The monoisotopic (exact) mass is 261 g/mol. The Bertz CT molecular complexity index is 546. The van der Waals surface area contributed by atoms with E-state index in [1.165, 1.54) is 22.3 Å². The number of anilines is 1. The van der Waals surface area contributed by atoms with Gasteiger partial charge in [0.1, 0.15) is 5.01 Å². The Labute approximate surface area is 112 Å². The summed E-state index contributed by atoms with van der Waals surface area (Å²) in [6, 6.07) is 4.42. The second-order valence-corrected chi connectivity index (χ2v) is 5.57. The molecule has 96 valence electrons. The fourth-order valence-electron chi connectivity index (χ4n) is 1.83. The highest BCUT2D eigenvalue weighted by molar-refractivity contribution is 7.18. The molecule has 0 aliphatic rings. The Balaban J connectivity index is 2.31. The van der Waals surface area contributed by atoms with Gasteiger partial charge in [-0.05, 0) is 49.9 Å². The predicted octanol–water partition coefficient (Wildman–Crippen LogP) is 3.95. The van der Waals surface area contributed by atoms with Gasteiger partial charge < -0.3 is 5.32 Å². The van der Waals surface area contributed by atoms with Crippen LogP contribution in [0.1, 0.15) is 30.0 Å². The second-order valence-electron chi connectivity index (χ2n) is 4.59. The van der Waals surface area contributed by atoms with Gasteiger partial charge in [-0.1, -0.05) is 24.3 Å². The quantitative estimate of drug-likeness (QED) is 0.905. The second kappa shape index (κ2) is 5.48. The van der Waals surface area contributed by atoms with E-state index in [2.05, 4.69) is 55.3 Å². The molecule has 0 amide bonds. The summed E-state index contributed by atoms with van der Waals surface area (Å²) < 4.78 is 0. The largest absolute Gasteiger partial charge is 0.360 e. The van der Waals surface area contributed by atoms with Gasteiger partial charge in [0.25, 0.3) is 0 Å². The first kappa shape index (κ1) is 13.0. The number of rotatable bonds is 4. The van der Waals surface area contributed by atoms with Gasteiger partial charge in [-0.25, -0.2) is 0 Å². The molecule has 4 heteroatoms. The number of hydrogen-bond donors (Lipinski definition) is 1. The lowest BCUT2D eigenvalue weighted by atomic mass is 10.0. The molecule has 0 saturated heterocycles. The SMILES string of the molecule is CCCNc1nnc(-c2cc(C)c(C)cc2C)s1. The highest BCUT2D eigenvalue weighted by Crippen LogP contribution is 2.30. The van der Waals surface area contributed by atoms with Crippen molar-refractivity contribution < 1.29 is 0 Å². The number of nitrogens with one attached hydrogen (secondary N) is 1. The summed E-state index contributed by atoms with van der Waals surface area (Å²) in [6.45, 7) is 9.49. The molecular formula is C14H19N3S. The summed E-state index contributed by atoms with van der Waals surface area (Å²) >= 11 is 1.62. The minimum atomic E-state index is 0.907. The van der Waals surface area contributed by atoms with Crippen molar-refractivity contribution in [1.82, 2.24) is 10.2 Å². The topological polar surface area (TPSA) is 37.8 Å². The third-order valence-corrected chi connectivity index (χ3v) is 3.94. The molecule has 1 aromatic carbocycles. The zero-order valence-corrected chi connectivity index (χ0v) is 12.2. The van der Waals surface area contributed by atoms with Gasteiger partial charge in [0, 0.05) is 12.1 Å². The Morgan fingerprint density at radius 1 is 1.06 bits per heavy atom. The van der Waals surface area contributed by atoms with E-state index in [1.54, 1.807) is 11.3 Å². The molecule has 0 aliphatic heterocycles. The summed E-state index contributed by atoms with van der Waals surface area (Å²) in [5.41, 5.74) is 5.08. The van der Waals surface area contributed by atoms with Crippen LogP contribution in [0.15, 0.2) is 12.1 Å². The summed E-state index contributed by atoms with van der Waals surface area (Å²) in [5.74, 6) is 0. The molecule has 18 heavy (non-hydrogen) atoms. The molecule has 0 fully saturated rings. The maximum Gasteiger partial charge on any atom is 0.206 e. The Kier molecular flexibility index (Phi) is 3.97. The zero-order valence-electron chi connectivity index (χ0n) is 11.4. The van der Waals surface area contributed by atoms with E-state index in [-0.39, 0.29) is 0 Å². The first-order chi connectivity index (χ1) is 8.61. The molecule has 2 aromatic rings. The van der Waals surface area contributed by atoms with Crippen molar-refractivity contribution in [3.8, 4) is 10.6 Å². The van der Waals surface area contributed by atoms with E-state index >= 15 is 0 Å². The number of benzene rings is 1. The summed E-state index contributed by atoms with van der Waals surface area (Å²) in [6.07, 6.45) is 1.09. The van der Waals surface area contributed by atoms with E-state index in [1.807, 2.05) is 0 Å². The van der Waals surface area contributed by atoms with E-state index in [0.717, 1.165) is 23.1 Å². The first-order valence-electron chi connectivity index (χ1n) is 6.27. The molecule has 2 rings (SSSR count). The number of aryl methyl sites for hydroxylation is 3. The molecule has 0 atom stereocenters. The lowest BCUT2D eigenvalue weighted by Crippen LogP contribution is -1.98. The molecule has 3 nitrogen and oxygen atoms in total. The van der Waals surface area contributed by atoms with Crippen molar-refractivity contribution in [1.29, 1.82) is 0 Å². The number of nitrogens with zero attached hydrogens (tertiary/aromatic N) is 2. The van der Waals surface area contributed by atoms with Crippen LogP contribution in [0.2, 0.25) is 0 Å². The summed E-state index contributed by atoms with van der Waals surface area (Å²) in [7, 11) is 0. The summed E-state index contributed by atoms with van der Waals surface area (Å²) in [5, 5.41) is 13.6. The van der Waals surface area contributed by atoms with Gasteiger partial charge in [0.2, 0.25) is 5.13 Å². The Morgan fingerprint density at radius 3 is 2.50 bits per heavy atom. The van der Waals surface area contributed by atoms with Crippen LogP contribution < -0.4 is 5.32 Å². The third kappa shape index (κ3) is 2.70. The van der Waals surface area contributed by atoms with Gasteiger partial charge in [-0.2, -0.15) is 0 Å². The standard InChI is InChI=1S/C14H19N3S/c1-5-6-15-14-17-16-13(18-14)12-8-10(3)9(2)7-11(12)4/h7-8H,5-6H2,1-4H3,(H,15,17). The first-order valence-corrected chi connectivity index (χ1v) is 7.09. The van der Waals surface area contributed by atoms with Crippen LogP contribution in [0.4, 0.5) is 5.13 Å². The van der Waals surface area contributed by atoms with Crippen molar-refractivity contribution in [2.24, 2.45) is 0 Å². The molecule has 1 N–H and O–H groups in total. The maximum absolute atomic E-state index is 4.28. The van der Waals surface area contributed by atoms with Crippen molar-refractivity contribution >= 4 is 16.5 Å². The fraction of sp³-hybridized carbons (Fsp3) is 0.429. The van der Waals surface area contributed by atoms with Crippen LogP contribution in [0.3, 0.4) is 0 Å². The average molecular weight is 261 g/mol. The lowest BCUT2D eigenvalue weighted by Gasteiger charge is -2.06.